The molecule has 3 N–H and O–H groups in total. The zero-order valence-electron chi connectivity index (χ0n) is 7.57. The number of aromatic amines is 1. The van der Waals surface area contributed by atoms with Gasteiger partial charge < -0.3 is 10.5 Å². The quantitative estimate of drug-likeness (QED) is 0.645. The first-order valence-corrected chi connectivity index (χ1v) is 3.95. The van der Waals surface area contributed by atoms with Gasteiger partial charge in [0, 0.05) is 0 Å². The van der Waals surface area contributed by atoms with Crippen molar-refractivity contribution in [3.8, 4) is 0 Å². The molecule has 72 valence electrons. The van der Waals surface area contributed by atoms with Gasteiger partial charge in [-0.05, 0) is 6.42 Å². The highest BCUT2D eigenvalue weighted by atomic mass is 16.5. The van der Waals surface area contributed by atoms with Gasteiger partial charge in [-0.2, -0.15) is 0 Å². The monoisotopic (exact) mass is 184 g/mol. The number of aromatic nitrogens is 3. The number of hydrogen-bond donors (Lipinski definition) is 2. The lowest BCUT2D eigenvalue weighted by Crippen LogP contribution is -2.11. The largest absolute Gasteiger partial charge is 0.463 e. The van der Waals surface area contributed by atoms with Gasteiger partial charge in [-0.25, -0.2) is 9.78 Å². The van der Waals surface area contributed by atoms with Gasteiger partial charge in [0.05, 0.1) is 13.2 Å². The lowest BCUT2D eigenvalue weighted by Gasteiger charge is -2.01. The Labute approximate surface area is 75.5 Å². The van der Waals surface area contributed by atoms with Gasteiger partial charge in [0.2, 0.25) is 0 Å². The van der Waals surface area contributed by atoms with Crippen molar-refractivity contribution < 1.29 is 9.53 Å². The van der Waals surface area contributed by atoms with Crippen molar-refractivity contribution in [3.63, 3.8) is 0 Å². The molecule has 0 spiro atoms. The number of rotatable bonds is 3. The smallest absolute Gasteiger partial charge is 0.377 e. The number of carbonyl (C=O) groups is 1. The number of methoxy groups -OCH3 is 1. The summed E-state index contributed by atoms with van der Waals surface area (Å²) >= 11 is 0. The Bertz CT molecular complexity index is 296. The second-order valence-corrected chi connectivity index (χ2v) is 2.55. The fourth-order valence-electron chi connectivity index (χ4n) is 0.816. The van der Waals surface area contributed by atoms with E-state index in [2.05, 4.69) is 19.9 Å². The summed E-state index contributed by atoms with van der Waals surface area (Å²) in [6, 6.07) is -0.217. The molecular weight excluding hydrogens is 172 g/mol. The van der Waals surface area contributed by atoms with Crippen molar-refractivity contribution in [1.29, 1.82) is 0 Å². The molecule has 1 aromatic rings. The fraction of sp³-hybridized carbons (Fsp3) is 0.571. The highest BCUT2D eigenvalue weighted by molar-refractivity contribution is 5.84. The summed E-state index contributed by atoms with van der Waals surface area (Å²) in [6.45, 7) is 1.92. The average Bonchev–Trinajstić information content (AvgIpc) is 2.64. The minimum atomic E-state index is -0.564. The Kier molecular flexibility index (Phi) is 2.97. The van der Waals surface area contributed by atoms with E-state index in [1.807, 2.05) is 6.92 Å². The minimum absolute atomic E-state index is 0.0152. The van der Waals surface area contributed by atoms with Crippen LogP contribution in [0.15, 0.2) is 0 Å². The van der Waals surface area contributed by atoms with Crippen LogP contribution in [0.1, 0.15) is 35.8 Å². The van der Waals surface area contributed by atoms with Crippen molar-refractivity contribution in [2.75, 3.05) is 7.11 Å². The van der Waals surface area contributed by atoms with Crippen molar-refractivity contribution in [1.82, 2.24) is 15.2 Å². The van der Waals surface area contributed by atoms with E-state index in [4.69, 9.17) is 5.73 Å². The Balaban J connectivity index is 2.80. The Hall–Kier alpha value is -1.43. The van der Waals surface area contributed by atoms with Gasteiger partial charge in [-0.15, -0.1) is 5.10 Å². The van der Waals surface area contributed by atoms with E-state index in [9.17, 15) is 4.79 Å². The zero-order valence-corrected chi connectivity index (χ0v) is 7.57. The third-order valence-corrected chi connectivity index (χ3v) is 1.66. The number of nitrogens with two attached hydrogens (primary N) is 1. The van der Waals surface area contributed by atoms with E-state index in [0.29, 0.717) is 5.82 Å². The normalized spacial score (nSPS) is 12.5. The molecule has 6 nitrogen and oxygen atoms in total. The molecule has 0 saturated heterocycles. The molecule has 1 aromatic heterocycles. The van der Waals surface area contributed by atoms with Crippen LogP contribution in [0.5, 0.6) is 0 Å². The van der Waals surface area contributed by atoms with Crippen LogP contribution in [0.2, 0.25) is 0 Å². The Morgan fingerprint density at radius 3 is 3.00 bits per heavy atom. The maximum atomic E-state index is 10.9. The topological polar surface area (TPSA) is 93.9 Å². The summed E-state index contributed by atoms with van der Waals surface area (Å²) in [6.07, 6.45) is 0.732. The number of nitrogens with zero attached hydrogens (tertiary/aromatic N) is 2. The molecule has 1 atom stereocenters. The third kappa shape index (κ3) is 2.03. The molecule has 0 bridgehead atoms. The number of hydrogen-bond acceptors (Lipinski definition) is 5. The fourth-order valence-corrected chi connectivity index (χ4v) is 0.816. The van der Waals surface area contributed by atoms with Gasteiger partial charge in [0.1, 0.15) is 5.82 Å². The van der Waals surface area contributed by atoms with E-state index in [1.54, 1.807) is 0 Å². The molecule has 0 aliphatic rings. The maximum absolute atomic E-state index is 10.9. The molecule has 6 heteroatoms. The van der Waals surface area contributed by atoms with Crippen LogP contribution < -0.4 is 5.73 Å². The molecule has 0 aliphatic heterocycles. The molecular formula is C7H12N4O2. The number of ether oxygens (including phenoxy) is 1. The lowest BCUT2D eigenvalue weighted by molar-refractivity contribution is 0.0587. The second-order valence-electron chi connectivity index (χ2n) is 2.55. The first-order valence-electron chi connectivity index (χ1n) is 3.95. The molecule has 0 amide bonds. The van der Waals surface area contributed by atoms with E-state index in [-0.39, 0.29) is 11.9 Å². The Morgan fingerprint density at radius 1 is 1.77 bits per heavy atom. The summed E-state index contributed by atoms with van der Waals surface area (Å²) < 4.78 is 4.44. The first-order chi connectivity index (χ1) is 6.19. The summed E-state index contributed by atoms with van der Waals surface area (Å²) in [5, 5.41) is 6.25. The lowest BCUT2D eigenvalue weighted by atomic mass is 10.2. The first kappa shape index (κ1) is 9.66. The summed E-state index contributed by atoms with van der Waals surface area (Å²) in [5.74, 6) is -0.0462. The molecule has 0 aromatic carbocycles. The van der Waals surface area contributed by atoms with Crippen LogP contribution in [-0.4, -0.2) is 28.3 Å². The van der Waals surface area contributed by atoms with Gasteiger partial charge >= 0.3 is 5.97 Å². The van der Waals surface area contributed by atoms with E-state index < -0.39 is 5.97 Å². The summed E-state index contributed by atoms with van der Waals surface area (Å²) in [7, 11) is 1.28. The average molecular weight is 184 g/mol. The molecule has 0 unspecified atom stereocenters. The number of esters is 1. The van der Waals surface area contributed by atoms with E-state index >= 15 is 0 Å². The third-order valence-electron chi connectivity index (χ3n) is 1.66. The van der Waals surface area contributed by atoms with Gasteiger partial charge in [-0.3, -0.25) is 5.10 Å². The van der Waals surface area contributed by atoms with Crippen molar-refractivity contribution in [2.45, 2.75) is 19.4 Å². The highest BCUT2D eigenvalue weighted by Gasteiger charge is 2.15. The van der Waals surface area contributed by atoms with Crippen LogP contribution in [0.3, 0.4) is 0 Å². The van der Waals surface area contributed by atoms with Gasteiger partial charge in [0.25, 0.3) is 5.82 Å². The van der Waals surface area contributed by atoms with Crippen molar-refractivity contribution >= 4 is 5.97 Å². The van der Waals surface area contributed by atoms with Crippen molar-refractivity contribution in [2.24, 2.45) is 5.73 Å². The molecule has 0 saturated carbocycles. The molecule has 13 heavy (non-hydrogen) atoms. The van der Waals surface area contributed by atoms with Crippen LogP contribution in [0.25, 0.3) is 0 Å². The van der Waals surface area contributed by atoms with E-state index in [1.165, 1.54) is 7.11 Å². The van der Waals surface area contributed by atoms with Gasteiger partial charge in [-0.1, -0.05) is 6.92 Å². The standard InChI is InChI=1S/C7H12N4O2/c1-3-4(8)5-9-6(11-10-5)7(12)13-2/h4H,3,8H2,1-2H3,(H,9,10,11)/t4-/m0/s1. The van der Waals surface area contributed by atoms with Crippen molar-refractivity contribution in [3.05, 3.63) is 11.6 Å². The summed E-state index contributed by atoms with van der Waals surface area (Å²) in [4.78, 5) is 14.8. The highest BCUT2D eigenvalue weighted by Crippen LogP contribution is 2.07. The van der Waals surface area contributed by atoms with Gasteiger partial charge in [0.15, 0.2) is 0 Å². The van der Waals surface area contributed by atoms with Crippen LogP contribution in [0, 0.1) is 0 Å². The number of nitrogens with one attached hydrogen (secondary N) is 1. The zero-order chi connectivity index (χ0) is 9.84. The number of carbonyl (C=O) groups excluding carboxylic acids is 1. The predicted octanol–water partition coefficient (Wildman–Crippen LogP) is 0.00110. The molecule has 1 rings (SSSR count). The Morgan fingerprint density at radius 2 is 2.46 bits per heavy atom. The van der Waals surface area contributed by atoms with E-state index in [0.717, 1.165) is 6.42 Å². The molecule has 0 aliphatic carbocycles. The number of H-pyrrole nitrogens is 1. The second kappa shape index (κ2) is 3.99. The van der Waals surface area contributed by atoms with Crippen LogP contribution in [-0.2, 0) is 4.74 Å². The molecule has 0 fully saturated rings. The SMILES string of the molecule is CC[C@H](N)c1nc(C(=O)OC)n[nH]1. The van der Waals surface area contributed by atoms with Crippen LogP contribution in [0.4, 0.5) is 0 Å². The maximum Gasteiger partial charge on any atom is 0.377 e. The summed E-state index contributed by atoms with van der Waals surface area (Å²) in [5.41, 5.74) is 5.66. The molecule has 0 radical (unpaired) electrons. The van der Waals surface area contributed by atoms with Crippen LogP contribution >= 0.6 is 0 Å². The minimum Gasteiger partial charge on any atom is -0.463 e. The molecule has 1 heterocycles. The predicted molar refractivity (Wildman–Crippen MR) is 44.9 cm³/mol.